The highest BCUT2D eigenvalue weighted by Crippen LogP contribution is 2.44. The quantitative estimate of drug-likeness (QED) is 0.196. The maximum Gasteiger partial charge on any atom is 0.131 e. The zero-order valence-corrected chi connectivity index (χ0v) is 27.3. The van der Waals surface area contributed by atoms with Crippen molar-refractivity contribution in [2.75, 3.05) is 0 Å². The van der Waals surface area contributed by atoms with Crippen LogP contribution >= 0.6 is 0 Å². The van der Waals surface area contributed by atoms with E-state index in [1.807, 2.05) is 6.07 Å². The van der Waals surface area contributed by atoms with Crippen molar-refractivity contribution in [1.82, 2.24) is 15.2 Å². The third-order valence-electron chi connectivity index (χ3n) is 10.2. The van der Waals surface area contributed by atoms with Gasteiger partial charge in [-0.05, 0) is 64.7 Å². The number of nitrogens with one attached hydrogen (secondary N) is 2. The molecule has 240 valence electrons. The second kappa shape index (κ2) is 11.8. The lowest BCUT2D eigenvalue weighted by Gasteiger charge is -2.32. The summed E-state index contributed by atoms with van der Waals surface area (Å²) < 4.78 is 8.73. The van der Waals surface area contributed by atoms with Crippen molar-refractivity contribution in [3.05, 3.63) is 192 Å². The fraction of sp³-hybridized carbons (Fsp3) is 0.0889. The average molecular weight is 647 g/mol. The van der Waals surface area contributed by atoms with Crippen molar-refractivity contribution < 1.29 is 4.74 Å². The summed E-state index contributed by atoms with van der Waals surface area (Å²) in [4.78, 5) is 5.21. The van der Waals surface area contributed by atoms with Crippen molar-refractivity contribution in [3.8, 4) is 22.6 Å². The fourth-order valence-electron chi connectivity index (χ4n) is 7.77. The normalized spacial score (nSPS) is 20.6. The molecule has 1 aromatic heterocycles. The third-order valence-corrected chi connectivity index (χ3v) is 10.2. The van der Waals surface area contributed by atoms with E-state index in [1.165, 1.54) is 27.4 Å². The van der Waals surface area contributed by atoms with Gasteiger partial charge in [0.15, 0.2) is 0 Å². The van der Waals surface area contributed by atoms with Gasteiger partial charge in [0.2, 0.25) is 0 Å². The monoisotopic (exact) mass is 646 g/mol. The number of aromatic nitrogens is 1. The standard InChI is InChI=1S/C45H34N4O/c1-3-12-29(13-4-1)43-46-44(30-14-5-2-6-15-30)48-45(47-43)33-16-11-17-34(26-33)49-39-20-9-7-18-35(39)38-27-31(23-25-40(38)49)32-22-24-37-36-19-8-10-21-41(36)50-42(37)28-32/h1-28,36,41,43-44,46H,(H,47,48). The molecule has 4 unspecified atom stereocenters. The van der Waals surface area contributed by atoms with Gasteiger partial charge in [-0.3, -0.25) is 5.32 Å². The molecule has 0 amide bonds. The number of hydrogen-bond acceptors (Lipinski definition) is 4. The Labute approximate surface area is 290 Å². The largest absolute Gasteiger partial charge is 0.485 e. The van der Waals surface area contributed by atoms with Gasteiger partial charge >= 0.3 is 0 Å². The topological polar surface area (TPSA) is 50.6 Å². The minimum absolute atomic E-state index is 0.0842. The number of benzene rings is 6. The Bertz CT molecular complexity index is 2490. The Kier molecular flexibility index (Phi) is 6.78. The molecule has 0 radical (unpaired) electrons. The zero-order valence-electron chi connectivity index (χ0n) is 27.3. The van der Waals surface area contributed by atoms with Crippen LogP contribution in [0.15, 0.2) is 175 Å². The Morgan fingerprint density at radius 1 is 0.580 bits per heavy atom. The van der Waals surface area contributed by atoms with E-state index >= 15 is 0 Å². The highest BCUT2D eigenvalue weighted by molar-refractivity contribution is 6.10. The minimum atomic E-state index is -0.186. The van der Waals surface area contributed by atoms with E-state index in [1.54, 1.807) is 0 Å². The molecule has 2 aliphatic heterocycles. The van der Waals surface area contributed by atoms with Gasteiger partial charge in [-0.2, -0.15) is 0 Å². The van der Waals surface area contributed by atoms with Gasteiger partial charge < -0.3 is 14.6 Å². The number of para-hydroxylation sites is 1. The number of amidine groups is 1. The van der Waals surface area contributed by atoms with Crippen LogP contribution in [0.4, 0.5) is 0 Å². The molecule has 2 N–H and O–H groups in total. The Morgan fingerprint density at radius 2 is 1.32 bits per heavy atom. The highest BCUT2D eigenvalue weighted by Gasteiger charge is 2.32. The maximum atomic E-state index is 6.36. The lowest BCUT2D eigenvalue weighted by atomic mass is 9.91. The summed E-state index contributed by atoms with van der Waals surface area (Å²) in [5.74, 6) is 2.13. The predicted molar refractivity (Wildman–Crippen MR) is 203 cm³/mol. The van der Waals surface area contributed by atoms with Crippen LogP contribution in [-0.4, -0.2) is 16.5 Å². The van der Waals surface area contributed by atoms with Gasteiger partial charge in [0.1, 0.15) is 30.0 Å². The molecule has 0 saturated carbocycles. The first-order valence-corrected chi connectivity index (χ1v) is 17.3. The van der Waals surface area contributed by atoms with Crippen LogP contribution in [0.3, 0.4) is 0 Å². The molecular weight excluding hydrogens is 613 g/mol. The van der Waals surface area contributed by atoms with E-state index < -0.39 is 0 Å². The molecule has 50 heavy (non-hydrogen) atoms. The molecule has 0 bridgehead atoms. The number of fused-ring (bicyclic) bond motifs is 6. The Morgan fingerprint density at radius 3 is 2.20 bits per heavy atom. The van der Waals surface area contributed by atoms with Crippen molar-refractivity contribution in [1.29, 1.82) is 0 Å². The molecule has 5 heteroatoms. The second-order valence-electron chi connectivity index (χ2n) is 13.2. The summed E-state index contributed by atoms with van der Waals surface area (Å²) in [6, 6.07) is 51.9. The van der Waals surface area contributed by atoms with E-state index in [9.17, 15) is 0 Å². The lowest BCUT2D eigenvalue weighted by molar-refractivity contribution is 0.269. The van der Waals surface area contributed by atoms with Gasteiger partial charge in [-0.25, -0.2) is 4.99 Å². The first-order chi connectivity index (χ1) is 24.8. The molecule has 3 heterocycles. The number of hydrogen-bond donors (Lipinski definition) is 2. The molecule has 5 nitrogen and oxygen atoms in total. The van der Waals surface area contributed by atoms with Crippen LogP contribution in [0.2, 0.25) is 0 Å². The SMILES string of the molecule is C1=CC2Oc3cc(-c4ccc5c(c4)c4ccccc4n5-c4cccc(C5=NC(c6ccccc6)NC(c6ccccc6)N5)c4)ccc3C2C=C1. The predicted octanol–water partition coefficient (Wildman–Crippen LogP) is 9.76. The molecule has 3 aliphatic rings. The van der Waals surface area contributed by atoms with Gasteiger partial charge in [0.05, 0.1) is 11.0 Å². The summed E-state index contributed by atoms with van der Waals surface area (Å²) in [7, 11) is 0. The summed E-state index contributed by atoms with van der Waals surface area (Å²) in [6.45, 7) is 0. The summed E-state index contributed by atoms with van der Waals surface area (Å²) in [5, 5.41) is 9.85. The molecule has 6 aromatic carbocycles. The minimum Gasteiger partial charge on any atom is -0.485 e. The zero-order chi connectivity index (χ0) is 33.0. The average Bonchev–Trinajstić information content (AvgIpc) is 3.73. The van der Waals surface area contributed by atoms with Crippen LogP contribution in [0.5, 0.6) is 5.75 Å². The van der Waals surface area contributed by atoms with Gasteiger partial charge in [0, 0.05) is 33.5 Å². The first kappa shape index (κ1) is 28.8. The number of allylic oxidation sites excluding steroid dienone is 2. The van der Waals surface area contributed by atoms with E-state index in [-0.39, 0.29) is 18.4 Å². The molecular formula is C45H34N4O. The van der Waals surface area contributed by atoms with Crippen molar-refractivity contribution in [3.63, 3.8) is 0 Å². The molecule has 1 aliphatic carbocycles. The fourth-order valence-corrected chi connectivity index (χ4v) is 7.77. The molecule has 4 atom stereocenters. The third kappa shape index (κ3) is 4.86. The lowest BCUT2D eigenvalue weighted by Crippen LogP contribution is -2.44. The number of nitrogens with zero attached hydrogens (tertiary/aromatic N) is 2. The smallest absolute Gasteiger partial charge is 0.131 e. The van der Waals surface area contributed by atoms with Crippen LogP contribution in [0.25, 0.3) is 38.6 Å². The van der Waals surface area contributed by atoms with E-state index in [2.05, 4.69) is 179 Å². The van der Waals surface area contributed by atoms with Crippen LogP contribution in [0.1, 0.15) is 40.5 Å². The van der Waals surface area contributed by atoms with Crippen LogP contribution in [0, 0.1) is 0 Å². The maximum absolute atomic E-state index is 6.36. The van der Waals surface area contributed by atoms with Crippen molar-refractivity contribution in [2.24, 2.45) is 4.99 Å². The molecule has 7 aromatic rings. The van der Waals surface area contributed by atoms with E-state index in [0.29, 0.717) is 5.92 Å². The summed E-state index contributed by atoms with van der Waals surface area (Å²) in [5.41, 5.74) is 10.3. The molecule has 0 saturated heterocycles. The van der Waals surface area contributed by atoms with Crippen LogP contribution in [-0.2, 0) is 0 Å². The van der Waals surface area contributed by atoms with Crippen molar-refractivity contribution >= 4 is 27.6 Å². The Balaban J connectivity index is 1.05. The van der Waals surface area contributed by atoms with Crippen molar-refractivity contribution in [2.45, 2.75) is 24.4 Å². The summed E-state index contributed by atoms with van der Waals surface area (Å²) >= 11 is 0. The number of rotatable bonds is 5. The van der Waals surface area contributed by atoms with Crippen LogP contribution < -0.4 is 15.4 Å². The van der Waals surface area contributed by atoms with Gasteiger partial charge in [-0.1, -0.05) is 127 Å². The van der Waals surface area contributed by atoms with E-state index in [0.717, 1.165) is 45.0 Å². The van der Waals surface area contributed by atoms with Gasteiger partial charge in [-0.15, -0.1) is 0 Å². The highest BCUT2D eigenvalue weighted by atomic mass is 16.5. The number of aliphatic imine (C=N–C) groups is 1. The molecule has 0 fully saturated rings. The molecule has 0 spiro atoms. The second-order valence-corrected chi connectivity index (χ2v) is 13.2. The summed E-state index contributed by atoms with van der Waals surface area (Å²) in [6.07, 6.45) is 8.39. The Hall–Kier alpha value is -6.17. The van der Waals surface area contributed by atoms with E-state index in [4.69, 9.17) is 9.73 Å². The molecule has 10 rings (SSSR count). The van der Waals surface area contributed by atoms with Gasteiger partial charge in [0.25, 0.3) is 0 Å². The first-order valence-electron chi connectivity index (χ1n) is 17.3. The number of ether oxygens (including phenoxy) is 1.